The SMILES string of the molecule is O=C(NCc1cc(F)ccc1Cl)c1ccc2c(c1)OCc1cnccc1-2. The molecule has 0 spiro atoms. The molecule has 2 heterocycles. The molecule has 1 aromatic heterocycles. The molecular formula is C20H14ClFN2O2. The molecule has 0 unspecified atom stereocenters. The summed E-state index contributed by atoms with van der Waals surface area (Å²) in [5.74, 6) is -0.0219. The predicted octanol–water partition coefficient (Wildman–Crippen LogP) is 4.36. The molecule has 1 N–H and O–H groups in total. The minimum atomic E-state index is -0.394. The summed E-state index contributed by atoms with van der Waals surface area (Å²) < 4.78 is 19.1. The number of pyridine rings is 1. The van der Waals surface area contributed by atoms with Gasteiger partial charge in [-0.3, -0.25) is 9.78 Å². The van der Waals surface area contributed by atoms with Gasteiger partial charge in [-0.15, -0.1) is 0 Å². The number of nitrogens with one attached hydrogen (secondary N) is 1. The highest BCUT2D eigenvalue weighted by Gasteiger charge is 2.19. The molecule has 1 aliphatic heterocycles. The van der Waals surface area contributed by atoms with Gasteiger partial charge in [-0.2, -0.15) is 0 Å². The number of hydrogen-bond acceptors (Lipinski definition) is 3. The molecule has 26 heavy (non-hydrogen) atoms. The van der Waals surface area contributed by atoms with Gasteiger partial charge in [0.2, 0.25) is 0 Å². The summed E-state index contributed by atoms with van der Waals surface area (Å²) in [6.45, 7) is 0.558. The van der Waals surface area contributed by atoms with Crippen LogP contribution in [0.25, 0.3) is 11.1 Å². The number of carbonyl (C=O) groups is 1. The number of amides is 1. The van der Waals surface area contributed by atoms with E-state index in [-0.39, 0.29) is 12.5 Å². The third-order valence-electron chi connectivity index (χ3n) is 4.27. The Labute approximate surface area is 154 Å². The van der Waals surface area contributed by atoms with Crippen LogP contribution < -0.4 is 10.1 Å². The first kappa shape index (κ1) is 16.5. The van der Waals surface area contributed by atoms with Gasteiger partial charge in [-0.05, 0) is 53.6 Å². The Bertz CT molecular complexity index is 1010. The summed E-state index contributed by atoms with van der Waals surface area (Å²) in [5.41, 5.74) is 3.99. The smallest absolute Gasteiger partial charge is 0.251 e. The third-order valence-corrected chi connectivity index (χ3v) is 4.64. The first-order valence-electron chi connectivity index (χ1n) is 8.04. The van der Waals surface area contributed by atoms with Gasteiger partial charge >= 0.3 is 0 Å². The molecule has 1 amide bonds. The standard InChI is InChI=1S/C20H14ClFN2O2/c21-18-4-2-15(22)7-13(18)10-24-20(25)12-1-3-17-16-5-6-23-9-14(16)11-26-19(17)8-12/h1-9H,10-11H2,(H,24,25). The second-order valence-electron chi connectivity index (χ2n) is 5.95. The van der Waals surface area contributed by atoms with Crippen LogP contribution in [-0.2, 0) is 13.2 Å². The summed E-state index contributed by atoms with van der Waals surface area (Å²) in [7, 11) is 0. The largest absolute Gasteiger partial charge is 0.488 e. The lowest BCUT2D eigenvalue weighted by molar-refractivity contribution is 0.0950. The van der Waals surface area contributed by atoms with E-state index < -0.39 is 5.82 Å². The van der Waals surface area contributed by atoms with Crippen LogP contribution >= 0.6 is 11.6 Å². The molecule has 0 radical (unpaired) electrons. The van der Waals surface area contributed by atoms with Gasteiger partial charge in [0.1, 0.15) is 18.2 Å². The summed E-state index contributed by atoms with van der Waals surface area (Å²) in [6, 6.07) is 11.3. The van der Waals surface area contributed by atoms with Crippen molar-refractivity contribution in [2.75, 3.05) is 0 Å². The summed E-state index contributed by atoms with van der Waals surface area (Å²) in [6.07, 6.45) is 3.51. The van der Waals surface area contributed by atoms with Crippen LogP contribution in [0.5, 0.6) is 5.75 Å². The van der Waals surface area contributed by atoms with Gasteiger partial charge in [0.15, 0.2) is 0 Å². The van der Waals surface area contributed by atoms with Crippen LogP contribution in [0.3, 0.4) is 0 Å². The van der Waals surface area contributed by atoms with E-state index in [0.29, 0.717) is 28.5 Å². The molecule has 0 aliphatic carbocycles. The Hall–Kier alpha value is -2.92. The van der Waals surface area contributed by atoms with Crippen molar-refractivity contribution in [1.82, 2.24) is 10.3 Å². The highest BCUT2D eigenvalue weighted by Crippen LogP contribution is 2.37. The number of nitrogens with zero attached hydrogens (tertiary/aromatic N) is 1. The topological polar surface area (TPSA) is 51.2 Å². The van der Waals surface area contributed by atoms with Crippen molar-refractivity contribution in [1.29, 1.82) is 0 Å². The van der Waals surface area contributed by atoms with Crippen molar-refractivity contribution in [3.8, 4) is 16.9 Å². The van der Waals surface area contributed by atoms with Crippen molar-refractivity contribution in [3.05, 3.63) is 82.4 Å². The minimum absolute atomic E-state index is 0.141. The molecule has 4 rings (SSSR count). The molecule has 2 aromatic carbocycles. The van der Waals surface area contributed by atoms with Crippen molar-refractivity contribution in [2.45, 2.75) is 13.2 Å². The van der Waals surface area contributed by atoms with Crippen LogP contribution in [0, 0.1) is 5.82 Å². The van der Waals surface area contributed by atoms with Crippen molar-refractivity contribution in [3.63, 3.8) is 0 Å². The molecule has 0 bridgehead atoms. The number of ether oxygens (including phenoxy) is 1. The maximum atomic E-state index is 13.3. The Kier molecular flexibility index (Phi) is 4.31. The van der Waals surface area contributed by atoms with E-state index in [9.17, 15) is 9.18 Å². The van der Waals surface area contributed by atoms with Gasteiger partial charge in [0.05, 0.1) is 0 Å². The number of benzene rings is 2. The highest BCUT2D eigenvalue weighted by molar-refractivity contribution is 6.31. The fourth-order valence-corrected chi connectivity index (χ4v) is 3.11. The normalized spacial score (nSPS) is 11.9. The molecule has 0 saturated heterocycles. The molecular weight excluding hydrogens is 355 g/mol. The zero-order chi connectivity index (χ0) is 18.1. The molecule has 1 aliphatic rings. The molecule has 0 saturated carbocycles. The lowest BCUT2D eigenvalue weighted by Crippen LogP contribution is -2.23. The predicted molar refractivity (Wildman–Crippen MR) is 96.6 cm³/mol. The number of halogens is 2. The molecule has 0 fully saturated rings. The van der Waals surface area contributed by atoms with Gasteiger partial charge in [0.25, 0.3) is 5.91 Å². The summed E-state index contributed by atoms with van der Waals surface area (Å²) in [4.78, 5) is 16.5. The van der Waals surface area contributed by atoms with Crippen LogP contribution in [0.4, 0.5) is 4.39 Å². The zero-order valence-electron chi connectivity index (χ0n) is 13.6. The number of carbonyl (C=O) groups excluding carboxylic acids is 1. The van der Waals surface area contributed by atoms with E-state index in [1.165, 1.54) is 18.2 Å². The number of fused-ring (bicyclic) bond motifs is 3. The maximum absolute atomic E-state index is 13.3. The molecule has 4 nitrogen and oxygen atoms in total. The fraction of sp³-hybridized carbons (Fsp3) is 0.100. The van der Waals surface area contributed by atoms with E-state index in [0.717, 1.165) is 16.7 Å². The minimum Gasteiger partial charge on any atom is -0.488 e. The Morgan fingerprint density at radius 2 is 2.08 bits per heavy atom. The summed E-state index contributed by atoms with van der Waals surface area (Å²) in [5, 5.41) is 3.16. The second-order valence-corrected chi connectivity index (χ2v) is 6.36. The monoisotopic (exact) mass is 368 g/mol. The quantitative estimate of drug-likeness (QED) is 0.747. The second kappa shape index (κ2) is 6.77. The first-order chi connectivity index (χ1) is 12.6. The average molecular weight is 369 g/mol. The van der Waals surface area contributed by atoms with Crippen molar-refractivity contribution < 1.29 is 13.9 Å². The lowest BCUT2D eigenvalue weighted by Gasteiger charge is -2.20. The lowest BCUT2D eigenvalue weighted by atomic mass is 9.97. The van der Waals surface area contributed by atoms with Crippen molar-refractivity contribution >= 4 is 17.5 Å². The fourth-order valence-electron chi connectivity index (χ4n) is 2.92. The highest BCUT2D eigenvalue weighted by atomic mass is 35.5. The zero-order valence-corrected chi connectivity index (χ0v) is 14.4. The molecule has 3 aromatic rings. The van der Waals surface area contributed by atoms with E-state index in [1.54, 1.807) is 24.5 Å². The van der Waals surface area contributed by atoms with Crippen molar-refractivity contribution in [2.24, 2.45) is 0 Å². The number of hydrogen-bond donors (Lipinski definition) is 1. The summed E-state index contributed by atoms with van der Waals surface area (Å²) >= 11 is 6.03. The van der Waals surface area contributed by atoms with E-state index in [1.807, 2.05) is 12.1 Å². The van der Waals surface area contributed by atoms with Crippen LogP contribution in [0.1, 0.15) is 21.5 Å². The van der Waals surface area contributed by atoms with Crippen LogP contribution in [0.2, 0.25) is 5.02 Å². The third kappa shape index (κ3) is 3.13. The maximum Gasteiger partial charge on any atom is 0.251 e. The number of rotatable bonds is 3. The number of aromatic nitrogens is 1. The Morgan fingerprint density at radius 3 is 2.96 bits per heavy atom. The molecule has 6 heteroatoms. The van der Waals surface area contributed by atoms with E-state index >= 15 is 0 Å². The van der Waals surface area contributed by atoms with Gasteiger partial charge < -0.3 is 10.1 Å². The van der Waals surface area contributed by atoms with E-state index in [2.05, 4.69) is 10.3 Å². The Balaban J connectivity index is 1.54. The molecule has 130 valence electrons. The van der Waals surface area contributed by atoms with Gasteiger partial charge in [0, 0.05) is 40.7 Å². The molecule has 0 atom stereocenters. The van der Waals surface area contributed by atoms with Crippen LogP contribution in [-0.4, -0.2) is 10.9 Å². The average Bonchev–Trinajstić information content (AvgIpc) is 2.67. The van der Waals surface area contributed by atoms with Crippen LogP contribution in [0.15, 0.2) is 54.9 Å². The van der Waals surface area contributed by atoms with E-state index in [4.69, 9.17) is 16.3 Å². The van der Waals surface area contributed by atoms with Gasteiger partial charge in [-0.25, -0.2) is 4.39 Å². The van der Waals surface area contributed by atoms with Gasteiger partial charge in [-0.1, -0.05) is 11.6 Å². The Morgan fingerprint density at radius 1 is 1.19 bits per heavy atom. The first-order valence-corrected chi connectivity index (χ1v) is 8.42.